The first-order valence-electron chi connectivity index (χ1n) is 3.44. The molecule has 0 aromatic rings. The number of hydrogen-bond donors (Lipinski definition) is 2. The monoisotopic (exact) mass is 228 g/mol. The topological polar surface area (TPSA) is 86.7 Å². The van der Waals surface area contributed by atoms with Crippen LogP contribution >= 0.6 is 11.8 Å². The summed E-state index contributed by atoms with van der Waals surface area (Å²) in [5.74, 6) is -0.581. The lowest BCUT2D eigenvalue weighted by Gasteiger charge is -2.25. The van der Waals surface area contributed by atoms with E-state index in [4.69, 9.17) is 16.3 Å². The van der Waals surface area contributed by atoms with Gasteiger partial charge in [-0.05, 0) is 6.92 Å². The van der Waals surface area contributed by atoms with Gasteiger partial charge in [0.2, 0.25) is 0 Å². The van der Waals surface area contributed by atoms with Crippen molar-refractivity contribution in [2.75, 3.05) is 12.3 Å². The highest BCUT2D eigenvalue weighted by molar-refractivity contribution is 7.85. The van der Waals surface area contributed by atoms with Crippen molar-refractivity contribution in [3.05, 3.63) is 0 Å². The number of rotatable bonds is 2. The highest BCUT2D eigenvalue weighted by atomic mass is 35.5. The molecule has 1 heterocycles. The summed E-state index contributed by atoms with van der Waals surface area (Å²) in [6.07, 6.45) is 0. The summed E-state index contributed by atoms with van der Waals surface area (Å²) in [6, 6.07) is -0.562. The van der Waals surface area contributed by atoms with Gasteiger partial charge in [0.25, 0.3) is 10.1 Å². The Morgan fingerprint density at radius 3 is 2.62 bits per heavy atom. The Bertz CT molecular complexity index is 329. The van der Waals surface area contributed by atoms with Crippen molar-refractivity contribution >= 4 is 27.9 Å². The molecule has 1 aliphatic heterocycles. The molecule has 2 amide bonds. The van der Waals surface area contributed by atoms with E-state index in [1.54, 1.807) is 0 Å². The minimum absolute atomic E-state index is 0.0924. The first-order valence-corrected chi connectivity index (χ1v) is 5.38. The molecule has 1 atom stereocenters. The summed E-state index contributed by atoms with van der Waals surface area (Å²) in [6.45, 7) is 1.56. The lowest BCUT2D eigenvalue weighted by molar-refractivity contribution is 0.223. The van der Waals surface area contributed by atoms with Gasteiger partial charge in [0.05, 0.1) is 5.54 Å². The van der Waals surface area contributed by atoms with Crippen LogP contribution in [0.4, 0.5) is 4.79 Å². The summed E-state index contributed by atoms with van der Waals surface area (Å²) in [7, 11) is -4.14. The van der Waals surface area contributed by atoms with Crippen molar-refractivity contribution in [2.45, 2.75) is 12.5 Å². The van der Waals surface area contributed by atoms with Gasteiger partial charge >= 0.3 is 6.03 Å². The average molecular weight is 229 g/mol. The second-order valence-electron chi connectivity index (χ2n) is 3.16. The van der Waals surface area contributed by atoms with Gasteiger partial charge in [0.15, 0.2) is 0 Å². The van der Waals surface area contributed by atoms with Crippen LogP contribution < -0.4 is 5.32 Å². The van der Waals surface area contributed by atoms with Crippen molar-refractivity contribution in [1.29, 1.82) is 0 Å². The number of hydrogen-bond acceptors (Lipinski definition) is 3. The fourth-order valence-corrected chi connectivity index (χ4v) is 2.42. The van der Waals surface area contributed by atoms with Crippen LogP contribution in [0, 0.1) is 0 Å². The van der Waals surface area contributed by atoms with E-state index in [1.807, 2.05) is 0 Å². The van der Waals surface area contributed by atoms with Crippen LogP contribution in [0.2, 0.25) is 0 Å². The van der Waals surface area contributed by atoms with E-state index in [-0.39, 0.29) is 6.54 Å². The Kier molecular flexibility index (Phi) is 2.44. The van der Waals surface area contributed by atoms with Crippen LogP contribution in [0.3, 0.4) is 0 Å². The molecule has 0 spiro atoms. The Balaban J connectivity index is 2.85. The number of amides is 2. The standard InChI is InChI=1S/C5H9ClN2O4S/c1-5(3-13(10,11)12)2-7-4(9)8(5)6/h2-3H2,1H3,(H,7,9)(H,10,11,12). The first-order chi connectivity index (χ1) is 5.75. The predicted molar refractivity (Wildman–Crippen MR) is 45.9 cm³/mol. The maximum Gasteiger partial charge on any atom is 0.332 e. The van der Waals surface area contributed by atoms with Crippen LogP contribution in [0.1, 0.15) is 6.92 Å². The molecule has 0 aromatic carbocycles. The van der Waals surface area contributed by atoms with E-state index in [0.717, 1.165) is 4.42 Å². The summed E-state index contributed by atoms with van der Waals surface area (Å²) in [5.41, 5.74) is -1.09. The molecule has 1 unspecified atom stereocenters. The average Bonchev–Trinajstić information content (AvgIpc) is 2.14. The largest absolute Gasteiger partial charge is 0.335 e. The van der Waals surface area contributed by atoms with Gasteiger partial charge < -0.3 is 5.32 Å². The molecule has 0 aliphatic carbocycles. The molecule has 0 radical (unpaired) electrons. The zero-order valence-corrected chi connectivity index (χ0v) is 8.39. The molecule has 0 aromatic heterocycles. The minimum atomic E-state index is -4.14. The predicted octanol–water partition coefficient (Wildman–Crippen LogP) is -0.188. The number of nitrogens with zero attached hydrogens (tertiary/aromatic N) is 1. The highest BCUT2D eigenvalue weighted by Gasteiger charge is 2.44. The molecule has 6 nitrogen and oxygen atoms in total. The Hall–Kier alpha value is -0.530. The molecule has 8 heteroatoms. The van der Waals surface area contributed by atoms with Gasteiger partial charge in [-0.15, -0.1) is 0 Å². The fraction of sp³-hybridized carbons (Fsp3) is 0.800. The van der Waals surface area contributed by atoms with Gasteiger partial charge in [0.1, 0.15) is 5.75 Å². The summed E-state index contributed by atoms with van der Waals surface area (Å²) >= 11 is 5.52. The first kappa shape index (κ1) is 10.6. The summed E-state index contributed by atoms with van der Waals surface area (Å²) in [5, 5.41) is 2.36. The van der Waals surface area contributed by atoms with E-state index < -0.39 is 27.4 Å². The molecular formula is C5H9ClN2O4S. The molecule has 76 valence electrons. The van der Waals surface area contributed by atoms with Crippen molar-refractivity contribution in [2.24, 2.45) is 0 Å². The van der Waals surface area contributed by atoms with Gasteiger partial charge in [-0.2, -0.15) is 8.42 Å². The number of carbonyl (C=O) groups is 1. The van der Waals surface area contributed by atoms with Gasteiger partial charge in [-0.3, -0.25) is 4.55 Å². The Morgan fingerprint density at radius 2 is 2.31 bits per heavy atom. The normalized spacial score (nSPS) is 29.2. The minimum Gasteiger partial charge on any atom is -0.335 e. The quantitative estimate of drug-likeness (QED) is 0.507. The Morgan fingerprint density at radius 1 is 1.77 bits per heavy atom. The van der Waals surface area contributed by atoms with E-state index in [9.17, 15) is 13.2 Å². The molecule has 0 saturated carbocycles. The number of carbonyl (C=O) groups excluding carboxylic acids is 1. The third kappa shape index (κ3) is 2.23. The molecule has 0 bridgehead atoms. The van der Waals surface area contributed by atoms with Crippen LogP contribution in [-0.2, 0) is 10.1 Å². The van der Waals surface area contributed by atoms with Crippen LogP contribution in [0.15, 0.2) is 0 Å². The van der Waals surface area contributed by atoms with E-state index in [0.29, 0.717) is 0 Å². The smallest absolute Gasteiger partial charge is 0.332 e. The Labute approximate surface area is 80.7 Å². The SMILES string of the molecule is CC1(CS(=O)(=O)O)CNC(=O)N1Cl. The lowest BCUT2D eigenvalue weighted by atomic mass is 10.1. The van der Waals surface area contributed by atoms with E-state index >= 15 is 0 Å². The van der Waals surface area contributed by atoms with Crippen LogP contribution in [0.5, 0.6) is 0 Å². The third-order valence-corrected chi connectivity index (χ3v) is 3.31. The van der Waals surface area contributed by atoms with Gasteiger partial charge in [-0.1, -0.05) is 0 Å². The lowest BCUT2D eigenvalue weighted by Crippen LogP contribution is -2.44. The van der Waals surface area contributed by atoms with Gasteiger partial charge in [-0.25, -0.2) is 9.21 Å². The second-order valence-corrected chi connectivity index (χ2v) is 4.95. The number of urea groups is 1. The molecule has 1 fully saturated rings. The fourth-order valence-electron chi connectivity index (χ4n) is 1.15. The molecule has 1 saturated heterocycles. The maximum atomic E-state index is 10.9. The third-order valence-electron chi connectivity index (χ3n) is 1.77. The van der Waals surface area contributed by atoms with Crippen molar-refractivity contribution in [1.82, 2.24) is 9.74 Å². The molecule has 1 rings (SSSR count). The van der Waals surface area contributed by atoms with Crippen LogP contribution in [0.25, 0.3) is 0 Å². The zero-order chi connectivity index (χ0) is 10.3. The summed E-state index contributed by atoms with van der Waals surface area (Å²) < 4.78 is 30.5. The molecular weight excluding hydrogens is 220 g/mol. The molecule has 13 heavy (non-hydrogen) atoms. The van der Waals surface area contributed by atoms with Crippen molar-refractivity contribution in [3.63, 3.8) is 0 Å². The van der Waals surface area contributed by atoms with Crippen molar-refractivity contribution < 1.29 is 17.8 Å². The van der Waals surface area contributed by atoms with Crippen molar-refractivity contribution in [3.8, 4) is 0 Å². The van der Waals surface area contributed by atoms with E-state index in [1.165, 1.54) is 6.92 Å². The van der Waals surface area contributed by atoms with Gasteiger partial charge in [0, 0.05) is 18.3 Å². The summed E-state index contributed by atoms with van der Waals surface area (Å²) in [4.78, 5) is 10.9. The second kappa shape index (κ2) is 3.00. The molecule has 1 aliphatic rings. The molecule has 2 N–H and O–H groups in total. The van der Waals surface area contributed by atoms with E-state index in [2.05, 4.69) is 5.32 Å². The number of halogens is 1. The maximum absolute atomic E-state index is 10.9. The zero-order valence-electron chi connectivity index (χ0n) is 6.82. The highest BCUT2D eigenvalue weighted by Crippen LogP contribution is 2.23. The van der Waals surface area contributed by atoms with Crippen LogP contribution in [-0.4, -0.2) is 41.3 Å². The number of nitrogens with one attached hydrogen (secondary N) is 1.